The first-order valence-electron chi connectivity index (χ1n) is 8.02. The van der Waals surface area contributed by atoms with Crippen molar-refractivity contribution in [1.82, 2.24) is 4.90 Å². The van der Waals surface area contributed by atoms with Gasteiger partial charge in [-0.05, 0) is 42.9 Å². The van der Waals surface area contributed by atoms with E-state index in [-0.39, 0.29) is 30.0 Å². The van der Waals surface area contributed by atoms with Crippen LogP contribution < -0.4 is 19.5 Å². The number of fused-ring (bicyclic) bond motifs is 1. The summed E-state index contributed by atoms with van der Waals surface area (Å²) in [6.45, 7) is -2.10. The zero-order valence-corrected chi connectivity index (χ0v) is 15.1. The van der Waals surface area contributed by atoms with E-state index in [1.54, 1.807) is 7.05 Å². The predicted molar refractivity (Wildman–Crippen MR) is 95.6 cm³/mol. The molecule has 1 aliphatic rings. The fraction of sp³-hybridized carbons (Fsp3) is 0.278. The number of amides is 1. The van der Waals surface area contributed by atoms with Crippen LogP contribution in [0.5, 0.6) is 17.2 Å². The highest BCUT2D eigenvalue weighted by Crippen LogP contribution is 2.32. The monoisotopic (exact) mass is 398 g/mol. The first kappa shape index (κ1) is 19.2. The van der Waals surface area contributed by atoms with Gasteiger partial charge in [0.2, 0.25) is 12.7 Å². The van der Waals surface area contributed by atoms with Crippen LogP contribution in [-0.2, 0) is 11.3 Å². The first-order chi connectivity index (χ1) is 12.9. The summed E-state index contributed by atoms with van der Waals surface area (Å²) >= 11 is 5.87. The summed E-state index contributed by atoms with van der Waals surface area (Å²) < 4.78 is 39.3. The van der Waals surface area contributed by atoms with Gasteiger partial charge >= 0.3 is 6.61 Å². The Bertz CT molecular complexity index is 835. The number of carbonyl (C=O) groups excluding carboxylic acids is 1. The van der Waals surface area contributed by atoms with Crippen molar-refractivity contribution in [3.63, 3.8) is 0 Å². The van der Waals surface area contributed by atoms with Crippen LogP contribution in [0.3, 0.4) is 0 Å². The van der Waals surface area contributed by atoms with E-state index >= 15 is 0 Å². The Hall–Kier alpha value is -2.58. The Kier molecular flexibility index (Phi) is 5.98. The molecule has 0 saturated carbocycles. The van der Waals surface area contributed by atoms with Gasteiger partial charge < -0.3 is 19.5 Å². The molecule has 2 aromatic carbocycles. The lowest BCUT2D eigenvalue weighted by Gasteiger charge is -2.17. The number of rotatable bonds is 7. The summed E-state index contributed by atoms with van der Waals surface area (Å²) in [6, 6.07) is 9.69. The number of ether oxygens (including phenoxy) is 3. The van der Waals surface area contributed by atoms with E-state index in [2.05, 4.69) is 10.1 Å². The number of hydrogen-bond donors (Lipinski definition) is 1. The van der Waals surface area contributed by atoms with Crippen LogP contribution in [0, 0.1) is 0 Å². The van der Waals surface area contributed by atoms with Crippen molar-refractivity contribution in [2.45, 2.75) is 13.2 Å². The summed E-state index contributed by atoms with van der Waals surface area (Å²) in [5.41, 5.74) is 1.37. The van der Waals surface area contributed by atoms with E-state index in [1.165, 1.54) is 18.2 Å². The molecular formula is C18H17ClF2N2O4. The minimum Gasteiger partial charge on any atom is -0.454 e. The van der Waals surface area contributed by atoms with Crippen molar-refractivity contribution in [2.24, 2.45) is 0 Å². The van der Waals surface area contributed by atoms with E-state index in [1.807, 2.05) is 23.1 Å². The number of alkyl halides is 2. The van der Waals surface area contributed by atoms with Crippen LogP contribution in [-0.4, -0.2) is 37.8 Å². The van der Waals surface area contributed by atoms with E-state index in [9.17, 15) is 13.6 Å². The first-order valence-corrected chi connectivity index (χ1v) is 8.40. The van der Waals surface area contributed by atoms with Crippen molar-refractivity contribution >= 4 is 23.2 Å². The molecule has 1 heterocycles. The topological polar surface area (TPSA) is 60.0 Å². The van der Waals surface area contributed by atoms with Gasteiger partial charge in [-0.2, -0.15) is 8.78 Å². The van der Waals surface area contributed by atoms with Crippen LogP contribution in [0.25, 0.3) is 0 Å². The molecule has 0 bridgehead atoms. The van der Waals surface area contributed by atoms with Crippen LogP contribution in [0.2, 0.25) is 5.02 Å². The molecule has 0 aliphatic carbocycles. The highest BCUT2D eigenvalue weighted by molar-refractivity contribution is 6.32. The molecule has 1 amide bonds. The average molecular weight is 399 g/mol. The van der Waals surface area contributed by atoms with Gasteiger partial charge in [0.1, 0.15) is 5.75 Å². The molecule has 0 spiro atoms. The molecule has 9 heteroatoms. The minimum absolute atomic E-state index is 0.0122. The van der Waals surface area contributed by atoms with Crippen LogP contribution in [0.15, 0.2) is 36.4 Å². The Morgan fingerprint density at radius 1 is 1.26 bits per heavy atom. The quantitative estimate of drug-likeness (QED) is 0.770. The van der Waals surface area contributed by atoms with Crippen LogP contribution in [0.1, 0.15) is 5.56 Å². The second-order valence-corrected chi connectivity index (χ2v) is 6.34. The molecule has 0 radical (unpaired) electrons. The van der Waals surface area contributed by atoms with Crippen molar-refractivity contribution in [3.05, 3.63) is 47.0 Å². The molecule has 1 N–H and O–H groups in total. The number of likely N-dealkylation sites (N-methyl/N-ethyl adjacent to an activating group) is 1. The standard InChI is InChI=1S/C18H17ClF2N2O4/c1-23(8-11-2-4-15-16(6-11)26-10-25-15)9-17(24)22-12-3-5-14(13(19)7-12)27-18(20)21/h2-7,18H,8-10H2,1H3,(H,22,24). The number of carbonyl (C=O) groups is 1. The second-order valence-electron chi connectivity index (χ2n) is 5.93. The lowest BCUT2D eigenvalue weighted by Crippen LogP contribution is -2.29. The summed E-state index contributed by atoms with van der Waals surface area (Å²) in [7, 11) is 1.80. The van der Waals surface area contributed by atoms with Gasteiger partial charge in [-0.3, -0.25) is 9.69 Å². The summed E-state index contributed by atoms with van der Waals surface area (Å²) in [6.07, 6.45) is 0. The molecule has 0 aromatic heterocycles. The normalized spacial score (nSPS) is 12.5. The molecular weight excluding hydrogens is 382 g/mol. The van der Waals surface area contributed by atoms with E-state index < -0.39 is 6.61 Å². The van der Waals surface area contributed by atoms with Gasteiger partial charge in [-0.25, -0.2) is 0 Å². The Morgan fingerprint density at radius 2 is 2.04 bits per heavy atom. The molecule has 0 fully saturated rings. The molecule has 27 heavy (non-hydrogen) atoms. The van der Waals surface area contributed by atoms with Gasteiger partial charge in [-0.1, -0.05) is 17.7 Å². The molecule has 144 valence electrons. The molecule has 0 unspecified atom stereocenters. The highest BCUT2D eigenvalue weighted by atomic mass is 35.5. The van der Waals surface area contributed by atoms with Crippen LogP contribution >= 0.6 is 11.6 Å². The third-order valence-electron chi connectivity index (χ3n) is 3.73. The Morgan fingerprint density at radius 3 is 2.78 bits per heavy atom. The second kappa shape index (κ2) is 8.41. The zero-order valence-electron chi connectivity index (χ0n) is 14.4. The fourth-order valence-corrected chi connectivity index (χ4v) is 2.85. The predicted octanol–water partition coefficient (Wildman–Crippen LogP) is 3.74. The SMILES string of the molecule is CN(CC(=O)Nc1ccc(OC(F)F)c(Cl)c1)Cc1ccc2c(c1)OCO2. The van der Waals surface area contributed by atoms with E-state index in [0.29, 0.717) is 23.7 Å². The molecule has 1 aliphatic heterocycles. The van der Waals surface area contributed by atoms with E-state index in [4.69, 9.17) is 21.1 Å². The number of anilines is 1. The highest BCUT2D eigenvalue weighted by Gasteiger charge is 2.15. The maximum atomic E-state index is 12.2. The Labute approximate surface area is 159 Å². The van der Waals surface area contributed by atoms with Gasteiger partial charge in [0.05, 0.1) is 11.6 Å². The maximum absolute atomic E-state index is 12.2. The number of hydrogen-bond acceptors (Lipinski definition) is 5. The van der Waals surface area contributed by atoms with Crippen molar-refractivity contribution in [3.8, 4) is 17.2 Å². The molecule has 2 aromatic rings. The van der Waals surface area contributed by atoms with Gasteiger partial charge in [0.15, 0.2) is 11.5 Å². The van der Waals surface area contributed by atoms with Crippen molar-refractivity contribution in [2.75, 3.05) is 25.7 Å². The number of benzene rings is 2. The maximum Gasteiger partial charge on any atom is 0.387 e. The molecule has 0 saturated heterocycles. The number of halogens is 3. The number of nitrogens with one attached hydrogen (secondary N) is 1. The fourth-order valence-electron chi connectivity index (χ4n) is 2.62. The molecule has 6 nitrogen and oxygen atoms in total. The van der Waals surface area contributed by atoms with Crippen molar-refractivity contribution < 1.29 is 27.8 Å². The van der Waals surface area contributed by atoms with Crippen LogP contribution in [0.4, 0.5) is 14.5 Å². The zero-order chi connectivity index (χ0) is 19.4. The minimum atomic E-state index is -2.97. The van der Waals surface area contributed by atoms with Gasteiger partial charge in [-0.15, -0.1) is 0 Å². The molecule has 3 rings (SSSR count). The summed E-state index contributed by atoms with van der Waals surface area (Å²) in [4.78, 5) is 14.0. The van der Waals surface area contributed by atoms with Gasteiger partial charge in [0, 0.05) is 12.2 Å². The van der Waals surface area contributed by atoms with Gasteiger partial charge in [0.25, 0.3) is 0 Å². The summed E-state index contributed by atoms with van der Waals surface area (Å²) in [5.74, 6) is 0.975. The smallest absolute Gasteiger partial charge is 0.387 e. The summed E-state index contributed by atoms with van der Waals surface area (Å²) in [5, 5.41) is 2.66. The third kappa shape index (κ3) is 5.21. The molecule has 0 atom stereocenters. The van der Waals surface area contributed by atoms with E-state index in [0.717, 1.165) is 5.56 Å². The lowest BCUT2D eigenvalue weighted by molar-refractivity contribution is -0.117. The number of nitrogens with zero attached hydrogens (tertiary/aromatic N) is 1. The third-order valence-corrected chi connectivity index (χ3v) is 4.03. The Balaban J connectivity index is 1.53. The van der Waals surface area contributed by atoms with Crippen molar-refractivity contribution in [1.29, 1.82) is 0 Å². The average Bonchev–Trinajstić information content (AvgIpc) is 3.04. The largest absolute Gasteiger partial charge is 0.454 e. The lowest BCUT2D eigenvalue weighted by atomic mass is 10.2.